The molecule has 0 aliphatic rings. The number of aromatic nitrogens is 2. The lowest BCUT2D eigenvalue weighted by molar-refractivity contribution is 1.23. The molecule has 3 aromatic rings. The highest BCUT2D eigenvalue weighted by molar-refractivity contribution is 5.78. The highest BCUT2D eigenvalue weighted by Crippen LogP contribution is 2.29. The number of imidazole rings is 1. The lowest BCUT2D eigenvalue weighted by atomic mass is 10.1. The molecule has 0 amide bonds. The highest BCUT2D eigenvalue weighted by atomic mass is 14.9. The number of hydrogen-bond acceptors (Lipinski definition) is 1. The number of H-pyrrole nitrogens is 1. The van der Waals surface area contributed by atoms with Gasteiger partial charge in [0, 0.05) is 18.1 Å². The minimum atomic E-state index is 0.688. The van der Waals surface area contributed by atoms with Crippen LogP contribution in [0.3, 0.4) is 0 Å². The molecule has 2 nitrogen and oxygen atoms in total. The number of benzene rings is 2. The molecule has 0 fully saturated rings. The second-order valence-electron chi connectivity index (χ2n) is 4.14. The first-order chi connectivity index (χ1) is 8.84. The van der Waals surface area contributed by atoms with Crippen LogP contribution in [0.15, 0.2) is 60.7 Å². The van der Waals surface area contributed by atoms with Gasteiger partial charge in [-0.1, -0.05) is 60.7 Å². The average Bonchev–Trinajstić information content (AvgIpc) is 2.83. The van der Waals surface area contributed by atoms with Gasteiger partial charge >= 0.3 is 0 Å². The molecule has 0 bridgehead atoms. The van der Waals surface area contributed by atoms with E-state index in [4.69, 9.17) is 0 Å². The maximum atomic E-state index is 4.49. The molecular weight excluding hydrogens is 220 g/mol. The lowest BCUT2D eigenvalue weighted by Gasteiger charge is -2.02. The maximum Gasteiger partial charge on any atom is 0.107 e. The maximum absolute atomic E-state index is 4.49. The Hall–Kier alpha value is -2.35. The zero-order valence-electron chi connectivity index (χ0n) is 9.93. The number of hydrogen-bond donors (Lipinski definition) is 1. The summed E-state index contributed by atoms with van der Waals surface area (Å²) in [5, 5.41) is 0. The number of aromatic amines is 1. The van der Waals surface area contributed by atoms with Gasteiger partial charge in [-0.15, -0.1) is 0 Å². The van der Waals surface area contributed by atoms with Crippen molar-refractivity contribution in [3.8, 4) is 22.5 Å². The van der Waals surface area contributed by atoms with Gasteiger partial charge in [0.2, 0.25) is 0 Å². The summed E-state index contributed by atoms with van der Waals surface area (Å²) in [6, 6.07) is 20.3. The van der Waals surface area contributed by atoms with Gasteiger partial charge in [0.25, 0.3) is 0 Å². The van der Waals surface area contributed by atoms with Crippen molar-refractivity contribution in [3.63, 3.8) is 0 Å². The van der Waals surface area contributed by atoms with E-state index in [0.29, 0.717) is 5.82 Å². The SMILES string of the molecule is [CH2]c1nc(-c2ccccc2)c(-c2ccccc2)[nH]1. The van der Waals surface area contributed by atoms with Crippen molar-refractivity contribution in [1.29, 1.82) is 0 Å². The van der Waals surface area contributed by atoms with Gasteiger partial charge < -0.3 is 4.98 Å². The fraction of sp³-hybridized carbons (Fsp3) is 0. The molecule has 0 aliphatic carbocycles. The molecule has 0 saturated carbocycles. The van der Waals surface area contributed by atoms with E-state index in [1.165, 1.54) is 0 Å². The largest absolute Gasteiger partial charge is 0.341 e. The second kappa shape index (κ2) is 4.49. The quantitative estimate of drug-likeness (QED) is 0.714. The summed E-state index contributed by atoms with van der Waals surface area (Å²) < 4.78 is 0. The van der Waals surface area contributed by atoms with Gasteiger partial charge in [0.05, 0.1) is 11.4 Å². The topological polar surface area (TPSA) is 28.7 Å². The van der Waals surface area contributed by atoms with E-state index in [1.54, 1.807) is 0 Å². The summed E-state index contributed by atoms with van der Waals surface area (Å²) >= 11 is 0. The van der Waals surface area contributed by atoms with Crippen LogP contribution >= 0.6 is 0 Å². The molecule has 0 aliphatic heterocycles. The molecule has 1 radical (unpaired) electrons. The third kappa shape index (κ3) is 1.93. The van der Waals surface area contributed by atoms with Crippen LogP contribution in [0.5, 0.6) is 0 Å². The Balaban J connectivity index is 2.17. The number of nitrogens with one attached hydrogen (secondary N) is 1. The zero-order chi connectivity index (χ0) is 12.4. The van der Waals surface area contributed by atoms with E-state index in [2.05, 4.69) is 41.2 Å². The predicted octanol–water partition coefficient (Wildman–Crippen LogP) is 3.93. The van der Waals surface area contributed by atoms with Gasteiger partial charge in [-0.3, -0.25) is 0 Å². The highest BCUT2D eigenvalue weighted by Gasteiger charge is 2.11. The Morgan fingerprint density at radius 3 is 1.94 bits per heavy atom. The summed E-state index contributed by atoms with van der Waals surface area (Å²) in [6.45, 7) is 3.89. The predicted molar refractivity (Wildman–Crippen MR) is 73.9 cm³/mol. The molecule has 0 atom stereocenters. The third-order valence-corrected chi connectivity index (χ3v) is 2.86. The van der Waals surface area contributed by atoms with Crippen molar-refractivity contribution in [2.75, 3.05) is 0 Å². The van der Waals surface area contributed by atoms with Crippen molar-refractivity contribution >= 4 is 0 Å². The Morgan fingerprint density at radius 2 is 1.33 bits per heavy atom. The molecular formula is C16H13N2. The molecule has 0 unspecified atom stereocenters. The molecule has 3 rings (SSSR count). The zero-order valence-corrected chi connectivity index (χ0v) is 9.93. The first kappa shape index (κ1) is 10.8. The molecule has 0 spiro atoms. The van der Waals surface area contributed by atoms with Gasteiger partial charge in [0.15, 0.2) is 0 Å². The first-order valence-corrected chi connectivity index (χ1v) is 5.87. The number of nitrogens with zero attached hydrogens (tertiary/aromatic N) is 1. The summed E-state index contributed by atoms with van der Waals surface area (Å²) in [5.41, 5.74) is 4.19. The minimum absolute atomic E-state index is 0.688. The van der Waals surface area contributed by atoms with Crippen LogP contribution < -0.4 is 0 Å². The Morgan fingerprint density at radius 1 is 0.778 bits per heavy atom. The Labute approximate surface area is 106 Å². The van der Waals surface area contributed by atoms with Gasteiger partial charge in [-0.05, 0) is 0 Å². The van der Waals surface area contributed by atoms with E-state index in [9.17, 15) is 0 Å². The monoisotopic (exact) mass is 233 g/mol. The van der Waals surface area contributed by atoms with Crippen LogP contribution in [0.25, 0.3) is 22.5 Å². The van der Waals surface area contributed by atoms with Crippen molar-refractivity contribution in [2.45, 2.75) is 0 Å². The van der Waals surface area contributed by atoms with Crippen LogP contribution in [0.4, 0.5) is 0 Å². The van der Waals surface area contributed by atoms with Crippen molar-refractivity contribution in [3.05, 3.63) is 73.4 Å². The Bertz CT molecular complexity index is 582. The lowest BCUT2D eigenvalue weighted by Crippen LogP contribution is -1.82. The number of rotatable bonds is 2. The van der Waals surface area contributed by atoms with Gasteiger partial charge in [0.1, 0.15) is 5.82 Å². The molecule has 1 heterocycles. The van der Waals surface area contributed by atoms with E-state index in [1.807, 2.05) is 36.4 Å². The normalized spacial score (nSPS) is 10.5. The summed E-state index contributed by atoms with van der Waals surface area (Å²) in [6.07, 6.45) is 0. The molecule has 2 aromatic carbocycles. The second-order valence-corrected chi connectivity index (χ2v) is 4.14. The fourth-order valence-electron chi connectivity index (χ4n) is 2.04. The Kier molecular flexibility index (Phi) is 2.69. The van der Waals surface area contributed by atoms with Gasteiger partial charge in [-0.2, -0.15) is 0 Å². The average molecular weight is 233 g/mol. The van der Waals surface area contributed by atoms with E-state index < -0.39 is 0 Å². The fourth-order valence-corrected chi connectivity index (χ4v) is 2.04. The van der Waals surface area contributed by atoms with E-state index in [0.717, 1.165) is 22.5 Å². The van der Waals surface area contributed by atoms with Crippen molar-refractivity contribution in [1.82, 2.24) is 9.97 Å². The molecule has 2 heteroatoms. The van der Waals surface area contributed by atoms with Gasteiger partial charge in [-0.25, -0.2) is 4.98 Å². The molecule has 1 aromatic heterocycles. The van der Waals surface area contributed by atoms with Crippen molar-refractivity contribution < 1.29 is 0 Å². The molecule has 0 saturated heterocycles. The van der Waals surface area contributed by atoms with Crippen LogP contribution in [-0.2, 0) is 0 Å². The molecule has 18 heavy (non-hydrogen) atoms. The van der Waals surface area contributed by atoms with Crippen LogP contribution in [-0.4, -0.2) is 9.97 Å². The third-order valence-electron chi connectivity index (χ3n) is 2.86. The summed E-state index contributed by atoms with van der Waals surface area (Å²) in [5.74, 6) is 0.688. The molecule has 87 valence electrons. The summed E-state index contributed by atoms with van der Waals surface area (Å²) in [7, 11) is 0. The van der Waals surface area contributed by atoms with E-state index in [-0.39, 0.29) is 0 Å². The standard InChI is InChI=1S/C16H13N2/c1-12-17-15(13-8-4-2-5-9-13)16(18-12)14-10-6-3-7-11-14/h2-11H,1H2,(H,17,18). The summed E-state index contributed by atoms with van der Waals surface area (Å²) in [4.78, 5) is 7.73. The minimum Gasteiger partial charge on any atom is -0.341 e. The van der Waals surface area contributed by atoms with Crippen LogP contribution in [0.2, 0.25) is 0 Å². The molecule has 1 N–H and O–H groups in total. The van der Waals surface area contributed by atoms with Crippen molar-refractivity contribution in [2.24, 2.45) is 0 Å². The van der Waals surface area contributed by atoms with Crippen LogP contribution in [0.1, 0.15) is 5.82 Å². The van der Waals surface area contributed by atoms with Crippen LogP contribution in [0, 0.1) is 6.92 Å². The first-order valence-electron chi connectivity index (χ1n) is 5.87. The smallest absolute Gasteiger partial charge is 0.107 e. The van der Waals surface area contributed by atoms with E-state index >= 15 is 0 Å².